The molecule has 0 radical (unpaired) electrons. The fourth-order valence-corrected chi connectivity index (χ4v) is 1.90. The molecule has 0 spiro atoms. The summed E-state index contributed by atoms with van der Waals surface area (Å²) < 4.78 is 6.14. The van der Waals surface area contributed by atoms with Gasteiger partial charge in [-0.2, -0.15) is 0 Å². The largest absolute Gasteiger partial charge is 0.465 e. The molecule has 0 aliphatic rings. The lowest BCUT2D eigenvalue weighted by molar-refractivity contribution is -0.117. The molecule has 0 fully saturated rings. The van der Waals surface area contributed by atoms with Crippen LogP contribution >= 0.6 is 15.9 Å². The Morgan fingerprint density at radius 3 is 2.68 bits per heavy atom. The van der Waals surface area contributed by atoms with Crippen molar-refractivity contribution in [2.45, 2.75) is 13.0 Å². The van der Waals surface area contributed by atoms with Crippen LogP contribution in [0.4, 0.5) is 0 Å². The summed E-state index contributed by atoms with van der Waals surface area (Å²) in [7, 11) is 0. The van der Waals surface area contributed by atoms with Crippen LogP contribution < -0.4 is 5.32 Å². The molecule has 0 saturated heterocycles. The fraction of sp³-hybridized carbons (Fsp3) is 0.133. The Morgan fingerprint density at radius 2 is 2.05 bits per heavy atom. The highest BCUT2D eigenvalue weighted by Crippen LogP contribution is 2.16. The van der Waals surface area contributed by atoms with E-state index in [0.29, 0.717) is 5.76 Å². The minimum Gasteiger partial charge on any atom is -0.465 e. The number of benzene rings is 1. The van der Waals surface area contributed by atoms with Gasteiger partial charge in [0, 0.05) is 10.5 Å². The number of rotatable bonds is 4. The third-order valence-corrected chi connectivity index (χ3v) is 3.20. The molecule has 0 saturated carbocycles. The van der Waals surface area contributed by atoms with E-state index in [1.807, 2.05) is 31.2 Å². The smallest absolute Gasteiger partial charge is 0.244 e. The lowest BCUT2D eigenvalue weighted by atomic mass is 10.1. The molecule has 1 atom stereocenters. The first-order valence-electron chi connectivity index (χ1n) is 5.93. The molecule has 1 amide bonds. The van der Waals surface area contributed by atoms with Crippen molar-refractivity contribution in [3.05, 3.63) is 64.5 Å². The van der Waals surface area contributed by atoms with Crippen LogP contribution in [0.15, 0.2) is 57.6 Å². The van der Waals surface area contributed by atoms with E-state index in [9.17, 15) is 4.79 Å². The van der Waals surface area contributed by atoms with Crippen molar-refractivity contribution >= 4 is 27.9 Å². The Labute approximate surface area is 120 Å². The SMILES string of the molecule is C[C@H](NC(=O)/C=C/c1ccco1)c1ccc(Br)cc1. The molecule has 1 heterocycles. The second-order valence-electron chi connectivity index (χ2n) is 4.13. The Kier molecular flexibility index (Phi) is 4.58. The lowest BCUT2D eigenvalue weighted by Gasteiger charge is -2.12. The van der Waals surface area contributed by atoms with Gasteiger partial charge < -0.3 is 9.73 Å². The van der Waals surface area contributed by atoms with Gasteiger partial charge >= 0.3 is 0 Å². The van der Waals surface area contributed by atoms with Gasteiger partial charge in [-0.1, -0.05) is 28.1 Å². The van der Waals surface area contributed by atoms with E-state index in [2.05, 4.69) is 21.2 Å². The molecule has 0 aliphatic heterocycles. The quantitative estimate of drug-likeness (QED) is 0.867. The Morgan fingerprint density at radius 1 is 1.32 bits per heavy atom. The number of hydrogen-bond acceptors (Lipinski definition) is 2. The maximum Gasteiger partial charge on any atom is 0.244 e. The Balaban J connectivity index is 1.93. The van der Waals surface area contributed by atoms with Gasteiger partial charge in [-0.15, -0.1) is 0 Å². The molecule has 3 nitrogen and oxygen atoms in total. The molecular formula is C15H14BrNO2. The summed E-state index contributed by atoms with van der Waals surface area (Å²) in [4.78, 5) is 11.7. The first-order valence-corrected chi connectivity index (χ1v) is 6.72. The van der Waals surface area contributed by atoms with Crippen LogP contribution in [0.1, 0.15) is 24.3 Å². The number of hydrogen-bond donors (Lipinski definition) is 1. The summed E-state index contributed by atoms with van der Waals surface area (Å²) in [5.74, 6) is 0.512. The van der Waals surface area contributed by atoms with Gasteiger partial charge in [0.05, 0.1) is 12.3 Å². The van der Waals surface area contributed by atoms with Crippen LogP contribution in [0.25, 0.3) is 6.08 Å². The van der Waals surface area contributed by atoms with Crippen LogP contribution in [-0.4, -0.2) is 5.91 Å². The van der Waals surface area contributed by atoms with Crippen molar-refractivity contribution in [2.75, 3.05) is 0 Å². The van der Waals surface area contributed by atoms with Crippen molar-refractivity contribution < 1.29 is 9.21 Å². The van der Waals surface area contributed by atoms with Crippen molar-refractivity contribution in [3.8, 4) is 0 Å². The predicted octanol–water partition coefficient (Wildman–Crippen LogP) is 3.93. The first-order chi connectivity index (χ1) is 9.15. The molecule has 98 valence electrons. The second-order valence-corrected chi connectivity index (χ2v) is 5.05. The van der Waals surface area contributed by atoms with Crippen LogP contribution in [0, 0.1) is 0 Å². The van der Waals surface area contributed by atoms with E-state index >= 15 is 0 Å². The normalized spacial score (nSPS) is 12.5. The Hall–Kier alpha value is -1.81. The molecule has 1 N–H and O–H groups in total. The summed E-state index contributed by atoms with van der Waals surface area (Å²) in [6.07, 6.45) is 4.68. The van der Waals surface area contributed by atoms with Gasteiger partial charge in [-0.25, -0.2) is 0 Å². The highest BCUT2D eigenvalue weighted by atomic mass is 79.9. The van der Waals surface area contributed by atoms with E-state index in [0.717, 1.165) is 10.0 Å². The number of nitrogens with one attached hydrogen (secondary N) is 1. The molecular weight excluding hydrogens is 306 g/mol. The van der Waals surface area contributed by atoms with E-state index in [4.69, 9.17) is 4.42 Å². The van der Waals surface area contributed by atoms with Crippen molar-refractivity contribution in [1.82, 2.24) is 5.32 Å². The average Bonchev–Trinajstić information content (AvgIpc) is 2.90. The molecule has 4 heteroatoms. The summed E-state index contributed by atoms with van der Waals surface area (Å²) in [5.41, 5.74) is 1.06. The highest BCUT2D eigenvalue weighted by molar-refractivity contribution is 9.10. The van der Waals surface area contributed by atoms with Crippen LogP contribution in [-0.2, 0) is 4.79 Å². The third-order valence-electron chi connectivity index (χ3n) is 2.67. The van der Waals surface area contributed by atoms with Crippen molar-refractivity contribution in [2.24, 2.45) is 0 Å². The minimum absolute atomic E-state index is 0.0400. The zero-order valence-electron chi connectivity index (χ0n) is 10.5. The second kappa shape index (κ2) is 6.38. The number of furan rings is 1. The van der Waals surface area contributed by atoms with Crippen LogP contribution in [0.2, 0.25) is 0 Å². The van der Waals surface area contributed by atoms with Crippen molar-refractivity contribution in [1.29, 1.82) is 0 Å². The Bertz CT molecular complexity index is 558. The van der Waals surface area contributed by atoms with Gasteiger partial charge in [0.25, 0.3) is 0 Å². The summed E-state index contributed by atoms with van der Waals surface area (Å²) in [6, 6.07) is 11.4. The monoisotopic (exact) mass is 319 g/mol. The van der Waals surface area contributed by atoms with E-state index in [1.54, 1.807) is 24.5 Å². The minimum atomic E-state index is -0.146. The lowest BCUT2D eigenvalue weighted by Crippen LogP contribution is -2.24. The van der Waals surface area contributed by atoms with Gasteiger partial charge in [-0.05, 0) is 42.8 Å². The van der Waals surface area contributed by atoms with Gasteiger partial charge in [0.2, 0.25) is 5.91 Å². The summed E-state index contributed by atoms with van der Waals surface area (Å²) >= 11 is 3.38. The molecule has 19 heavy (non-hydrogen) atoms. The maximum absolute atomic E-state index is 11.7. The van der Waals surface area contributed by atoms with E-state index in [1.165, 1.54) is 6.08 Å². The zero-order valence-corrected chi connectivity index (χ0v) is 12.1. The number of carbonyl (C=O) groups excluding carboxylic acids is 1. The fourth-order valence-electron chi connectivity index (χ4n) is 1.64. The van der Waals surface area contributed by atoms with E-state index < -0.39 is 0 Å². The summed E-state index contributed by atoms with van der Waals surface area (Å²) in [6.45, 7) is 1.95. The number of carbonyl (C=O) groups is 1. The number of amides is 1. The molecule has 0 bridgehead atoms. The standard InChI is InChI=1S/C15H14BrNO2/c1-11(12-4-6-13(16)7-5-12)17-15(18)9-8-14-3-2-10-19-14/h2-11H,1H3,(H,17,18)/b9-8+/t11-/m0/s1. The van der Waals surface area contributed by atoms with E-state index in [-0.39, 0.29) is 11.9 Å². The molecule has 2 rings (SSSR count). The summed E-state index contributed by atoms with van der Waals surface area (Å²) in [5, 5.41) is 2.90. The van der Waals surface area contributed by atoms with Crippen LogP contribution in [0.3, 0.4) is 0 Å². The molecule has 1 aromatic carbocycles. The molecule has 0 aliphatic carbocycles. The van der Waals surface area contributed by atoms with Crippen molar-refractivity contribution in [3.63, 3.8) is 0 Å². The molecule has 1 aromatic heterocycles. The topological polar surface area (TPSA) is 42.2 Å². The number of halogens is 1. The molecule has 2 aromatic rings. The average molecular weight is 320 g/mol. The first kappa shape index (κ1) is 13.6. The highest BCUT2D eigenvalue weighted by Gasteiger charge is 2.07. The van der Waals surface area contributed by atoms with Gasteiger partial charge in [0.15, 0.2) is 0 Å². The van der Waals surface area contributed by atoms with Crippen LogP contribution in [0.5, 0.6) is 0 Å². The maximum atomic E-state index is 11.7. The van der Waals surface area contributed by atoms with Gasteiger partial charge in [-0.3, -0.25) is 4.79 Å². The molecule has 0 unspecified atom stereocenters. The zero-order chi connectivity index (χ0) is 13.7. The predicted molar refractivity (Wildman–Crippen MR) is 78.4 cm³/mol. The third kappa shape index (κ3) is 4.10. The van der Waals surface area contributed by atoms with Gasteiger partial charge in [0.1, 0.15) is 5.76 Å².